The van der Waals surface area contributed by atoms with Crippen LogP contribution in [0.1, 0.15) is 130 Å². The van der Waals surface area contributed by atoms with Crippen LogP contribution in [0.2, 0.25) is 0 Å². The Bertz CT molecular complexity index is 4840. The Morgan fingerprint density at radius 1 is 0.761 bits per heavy atom. The third-order valence-corrected chi connectivity index (χ3v) is 24.7. The maximum Gasteiger partial charge on any atom is 0.490 e. The minimum absolute atomic E-state index is 0.00413. The fourth-order valence-corrected chi connectivity index (χ4v) is 18.5. The number of aromatic nitrogens is 2. The quantitative estimate of drug-likeness (QED) is 0.0125. The van der Waals surface area contributed by atoms with Gasteiger partial charge >= 0.3 is 47.1 Å². The summed E-state index contributed by atoms with van der Waals surface area (Å²) < 4.78 is 127. The first-order valence-electron chi connectivity index (χ1n) is 34.2. The number of anilines is 1. The normalized spacial score (nSPS) is 17.7. The first-order chi connectivity index (χ1) is 52.9. The molecule has 1 aromatic heterocycles. The molecule has 1 fully saturated rings. The number of nitrogens with zero attached hydrogens (tertiary/aromatic N) is 3. The summed E-state index contributed by atoms with van der Waals surface area (Å²) in [6.45, 7) is 2.24. The molecule has 49 heteroatoms. The van der Waals surface area contributed by atoms with Crippen molar-refractivity contribution >= 4 is 136 Å². The lowest BCUT2D eigenvalue weighted by Crippen LogP contribution is -2.52. The number of fused-ring (bicyclic) bond motifs is 2. The number of benzene rings is 2. The van der Waals surface area contributed by atoms with Crippen LogP contribution in [-0.4, -0.2) is 228 Å². The predicted molar refractivity (Wildman–Crippen MR) is 402 cm³/mol. The third-order valence-electron chi connectivity index (χ3n) is 16.4. The maximum absolute atomic E-state index is 14.7. The van der Waals surface area contributed by atoms with Crippen molar-refractivity contribution in [1.29, 1.82) is 0 Å². The molecular weight excluding hydrogens is 1640 g/mol. The van der Waals surface area contributed by atoms with Gasteiger partial charge in [-0.25, -0.2) is 23.3 Å². The van der Waals surface area contributed by atoms with E-state index in [2.05, 4.69) is 56.6 Å². The summed E-state index contributed by atoms with van der Waals surface area (Å²) in [7, 11) is -23.2. The van der Waals surface area contributed by atoms with Crippen molar-refractivity contribution in [3.63, 3.8) is 0 Å². The SMILES string of the molecule is CCN=C1C=CC2=C(c3ccccc3C(=O)N(C)CCCC(=O)NC(CCCSSCCC(=O)NCC#Cc3cn([C@H]4CC(O)[C@@H](COP(=O)(O)OP(=O)(O)OP(=O)(O)O)O4)c(=O)[nH]c3=O)C(=O)NCCCCCC(=O)NC(CC(=O)O)C(=O)NC(CC(=O)O)C(=O)O)c3ccc(NCC)c(S(=O)(=O)O)c3CC2=C1S(=O)(=O)O. The fraction of sp³-hybridized carbons (Fsp3) is 0.469. The number of aliphatic imine (C=N–C) groups is 1. The molecule has 1 saturated heterocycles. The van der Waals surface area contributed by atoms with Crippen LogP contribution >= 0.6 is 45.1 Å². The second-order valence-corrected chi connectivity index (χ2v) is 34.7. The van der Waals surface area contributed by atoms with E-state index in [1.165, 1.54) is 57.8 Å². The number of H-pyrrole nitrogens is 1. The second kappa shape index (κ2) is 42.2. The van der Waals surface area contributed by atoms with Crippen molar-refractivity contribution in [2.45, 2.75) is 139 Å². The molecule has 2 aromatic carbocycles. The van der Waals surface area contributed by atoms with Gasteiger partial charge in [-0.15, -0.1) is 0 Å². The van der Waals surface area contributed by atoms with Crippen LogP contribution in [0, 0.1) is 11.8 Å². The molecule has 42 nitrogen and oxygen atoms in total. The molecule has 17 N–H and O–H groups in total. The van der Waals surface area contributed by atoms with Gasteiger partial charge in [0.05, 0.1) is 43.5 Å². The number of aliphatic hydroxyl groups is 1. The Hall–Kier alpha value is -8.55. The molecule has 6 amide bonds. The van der Waals surface area contributed by atoms with Gasteiger partial charge in [-0.2, -0.15) is 25.5 Å². The summed E-state index contributed by atoms with van der Waals surface area (Å²) in [6.07, 6.45) is -2.75. The first kappa shape index (κ1) is 93.3. The van der Waals surface area contributed by atoms with Gasteiger partial charge in [-0.1, -0.05) is 70.2 Å². The van der Waals surface area contributed by atoms with Crippen molar-refractivity contribution in [2.24, 2.45) is 4.99 Å². The number of nitrogens with one attached hydrogen (secondary N) is 7. The number of phosphoric acid groups is 3. The summed E-state index contributed by atoms with van der Waals surface area (Å²) in [4.78, 5) is 183. The Kier molecular flexibility index (Phi) is 34.8. The zero-order valence-corrected chi connectivity index (χ0v) is 66.2. The van der Waals surface area contributed by atoms with E-state index in [9.17, 15) is 117 Å². The monoisotopic (exact) mass is 1720 g/mol. The Morgan fingerprint density at radius 3 is 2.07 bits per heavy atom. The van der Waals surface area contributed by atoms with Gasteiger partial charge in [0.1, 0.15) is 45.8 Å². The fourth-order valence-electron chi connectivity index (χ4n) is 11.6. The predicted octanol–water partition coefficient (Wildman–Crippen LogP) is 1.47. The highest BCUT2D eigenvalue weighted by Crippen LogP contribution is 2.66. The molecule has 3 aliphatic rings. The van der Waals surface area contributed by atoms with E-state index in [4.69, 9.17) is 19.6 Å². The van der Waals surface area contributed by atoms with Crippen molar-refractivity contribution < 1.29 is 141 Å². The van der Waals surface area contributed by atoms with E-state index in [1.54, 1.807) is 38.1 Å². The number of ether oxygens (including phenoxy) is 1. The van der Waals surface area contributed by atoms with Crippen LogP contribution in [0.4, 0.5) is 5.69 Å². The van der Waals surface area contributed by atoms with Crippen molar-refractivity contribution in [2.75, 3.05) is 63.2 Å². The third kappa shape index (κ3) is 28.7. The number of hydrogen-bond acceptors (Lipinski definition) is 27. The highest BCUT2D eigenvalue weighted by Gasteiger charge is 2.44. The highest BCUT2D eigenvalue weighted by molar-refractivity contribution is 8.76. The van der Waals surface area contributed by atoms with Gasteiger partial charge in [-0.05, 0) is 97.6 Å². The molecule has 2 heterocycles. The van der Waals surface area contributed by atoms with Gasteiger partial charge in [-0.3, -0.25) is 71.3 Å². The van der Waals surface area contributed by atoms with Crippen LogP contribution in [-0.2, 0) is 96.6 Å². The molecule has 8 atom stereocenters. The number of amides is 6. The number of aliphatic carboxylic acids is 3. The topological polar surface area (TPSA) is 655 Å². The first-order valence-corrected chi connectivity index (χ1v) is 44.0. The van der Waals surface area contributed by atoms with E-state index in [1.807, 2.05) is 10.3 Å². The number of aromatic amines is 1. The lowest BCUT2D eigenvalue weighted by molar-refractivity contribution is -0.148. The maximum atomic E-state index is 14.7. The number of phosphoric ester groups is 1. The zero-order chi connectivity index (χ0) is 83.9. The molecule has 3 aromatic rings. The Labute approximate surface area is 652 Å². The number of carbonyl (C=O) groups is 9. The molecule has 620 valence electrons. The smallest absolute Gasteiger partial charge is 0.481 e. The molecular formula is C64H83N10O32P3S4. The number of allylic oxidation sites excluding steroid dienone is 5. The molecule has 0 radical (unpaired) electrons. The van der Waals surface area contributed by atoms with Gasteiger partial charge in [0.2, 0.25) is 29.5 Å². The number of hydrogen-bond donors (Lipinski definition) is 17. The molecule has 1 aliphatic heterocycles. The summed E-state index contributed by atoms with van der Waals surface area (Å²) in [5.41, 5.74) is -1.72. The van der Waals surface area contributed by atoms with Crippen LogP contribution < -0.4 is 43.1 Å². The Morgan fingerprint density at radius 2 is 1.42 bits per heavy atom. The van der Waals surface area contributed by atoms with Crippen molar-refractivity contribution in [1.82, 2.24) is 41.0 Å². The van der Waals surface area contributed by atoms with Crippen LogP contribution in [0.5, 0.6) is 0 Å². The Balaban J connectivity index is 1.07. The number of aliphatic hydroxyl groups excluding tert-OH is 1. The minimum Gasteiger partial charge on any atom is -0.481 e. The van der Waals surface area contributed by atoms with Gasteiger partial charge in [0, 0.05) is 88.6 Å². The molecule has 2 aliphatic carbocycles. The largest absolute Gasteiger partial charge is 0.490 e. The average molecular weight is 1730 g/mol. The molecule has 0 saturated carbocycles. The summed E-state index contributed by atoms with van der Waals surface area (Å²) >= 11 is 0. The standard InChI is InChI=1S/C64H83N10O32P3S4/c1-4-65-43-22-20-38-41(57(43)112(97,98)99)30-42-39(21-23-44(66-5-2)58(42)113(100,101)102)56(38)37-15-8-9-16-40(37)62(86)73(3)27-12-19-52(78)69-45(60(84)68-25-10-6-7-18-51(77)70-46(31-54(79)80)61(85)71-47(63(87)88)32-55(81)82)17-13-28-110-111-29-24-50(76)67-26-11-14-36-34-74(64(89)72-59(36)83)53-33-48(75)49(104-53)35-103-108(93,94)106-109(95,96)105-107(90,91)92/h8-9,15-16,20-23,34,45-49,53,65,75H,4-7,10,12-13,17-19,24-33,35H2,1-3H3,(H,67,76)(H,68,84)(H,69,78)(H,70,77)(H,71,85)(H,79,80)(H,81,82)(H,87,88)(H,93,94)(H,95,96)(H,72,83,89)(H2,90,91,92)(H,97,98,99)(H,100,101,102)/t45?,46?,47?,48?,49-,53-/m1/s1. The minimum atomic E-state index is -5.86. The summed E-state index contributed by atoms with van der Waals surface area (Å²) in [5.74, 6) is -3.45. The van der Waals surface area contributed by atoms with Gasteiger partial charge in [0.15, 0.2) is 0 Å². The van der Waals surface area contributed by atoms with Crippen LogP contribution in [0.3, 0.4) is 0 Å². The lowest BCUT2D eigenvalue weighted by Gasteiger charge is -2.31. The zero-order valence-electron chi connectivity index (χ0n) is 60.3. The van der Waals surface area contributed by atoms with Crippen LogP contribution in [0.25, 0.3) is 5.57 Å². The van der Waals surface area contributed by atoms with Crippen molar-refractivity contribution in [3.05, 3.63) is 119 Å². The van der Waals surface area contributed by atoms with Gasteiger partial charge in [0.25, 0.3) is 31.7 Å². The van der Waals surface area contributed by atoms with E-state index < -0.39 is 187 Å². The lowest BCUT2D eigenvalue weighted by atomic mass is 9.76. The second-order valence-electron chi connectivity index (χ2n) is 24.9. The highest BCUT2D eigenvalue weighted by atomic mass is 33.1. The number of carbonyl (C=O) groups excluding carboxylic acids is 6. The van der Waals surface area contributed by atoms with E-state index in [0.717, 1.165) is 10.8 Å². The van der Waals surface area contributed by atoms with Crippen LogP contribution in [0.15, 0.2) is 90.3 Å². The molecule has 6 rings (SSSR count). The van der Waals surface area contributed by atoms with E-state index >= 15 is 0 Å². The molecule has 6 unspecified atom stereocenters. The molecule has 113 heavy (non-hydrogen) atoms. The van der Waals surface area contributed by atoms with Gasteiger partial charge < -0.3 is 81.5 Å². The molecule has 0 bridgehead atoms. The number of carboxylic acid groups (broad SMARTS) is 3. The summed E-state index contributed by atoms with van der Waals surface area (Å²) in [6, 6.07) is 4.34. The summed E-state index contributed by atoms with van der Waals surface area (Å²) in [5, 5.41) is 53.3. The number of rotatable bonds is 44. The number of carboxylic acids is 3. The molecule has 0 spiro atoms. The van der Waals surface area contributed by atoms with E-state index in [-0.39, 0.29) is 146 Å². The number of unbranched alkanes of at least 4 members (excludes halogenated alkanes) is 2. The van der Waals surface area contributed by atoms with E-state index in [0.29, 0.717) is 12.2 Å². The average Bonchev–Trinajstić information content (AvgIpc) is 1.14. The van der Waals surface area contributed by atoms with Crippen molar-refractivity contribution in [3.8, 4) is 11.8 Å².